The van der Waals surface area contributed by atoms with Gasteiger partial charge in [-0.2, -0.15) is 0 Å². The number of carbonyl (C=O) groups excluding carboxylic acids is 1. The van der Waals surface area contributed by atoms with Crippen molar-refractivity contribution in [3.63, 3.8) is 0 Å². The zero-order chi connectivity index (χ0) is 14.1. The Bertz CT molecular complexity index is 635. The van der Waals surface area contributed by atoms with Crippen LogP contribution < -0.4 is 11.1 Å². The van der Waals surface area contributed by atoms with Gasteiger partial charge in [0.25, 0.3) is 0 Å². The first-order chi connectivity index (χ1) is 9.61. The van der Waals surface area contributed by atoms with Crippen LogP contribution in [0.1, 0.15) is 37.5 Å². The van der Waals surface area contributed by atoms with Gasteiger partial charge in [-0.05, 0) is 37.5 Å². The SMILES string of the molecule is NC(CCC(=O)NC1CC1)c1nc2ccc(Cl)cc2[nH]1. The van der Waals surface area contributed by atoms with Gasteiger partial charge in [-0.25, -0.2) is 4.98 Å². The van der Waals surface area contributed by atoms with Crippen LogP contribution in [0, 0.1) is 0 Å². The van der Waals surface area contributed by atoms with Crippen LogP contribution in [-0.2, 0) is 4.79 Å². The normalized spacial score (nSPS) is 16.3. The molecule has 6 heteroatoms. The first kappa shape index (κ1) is 13.4. The second-order valence-electron chi connectivity index (χ2n) is 5.27. The summed E-state index contributed by atoms with van der Waals surface area (Å²) in [5, 5.41) is 3.61. The molecule has 3 rings (SSSR count). The number of carbonyl (C=O) groups is 1. The molecule has 0 spiro atoms. The molecule has 0 saturated heterocycles. The van der Waals surface area contributed by atoms with Crippen molar-refractivity contribution in [1.29, 1.82) is 0 Å². The van der Waals surface area contributed by atoms with Crippen molar-refractivity contribution in [2.45, 2.75) is 37.8 Å². The van der Waals surface area contributed by atoms with Crippen molar-refractivity contribution >= 4 is 28.5 Å². The topological polar surface area (TPSA) is 83.8 Å². The van der Waals surface area contributed by atoms with E-state index in [1.165, 1.54) is 0 Å². The highest BCUT2D eigenvalue weighted by Crippen LogP contribution is 2.22. The van der Waals surface area contributed by atoms with Crippen molar-refractivity contribution in [2.75, 3.05) is 0 Å². The number of H-pyrrole nitrogens is 1. The molecule has 1 atom stereocenters. The van der Waals surface area contributed by atoms with E-state index in [0.717, 1.165) is 23.9 Å². The van der Waals surface area contributed by atoms with E-state index in [-0.39, 0.29) is 11.9 Å². The number of nitrogens with two attached hydrogens (primary N) is 1. The van der Waals surface area contributed by atoms with Crippen molar-refractivity contribution in [3.8, 4) is 0 Å². The van der Waals surface area contributed by atoms with Gasteiger partial charge in [0.15, 0.2) is 0 Å². The van der Waals surface area contributed by atoms with Crippen LogP contribution in [0.3, 0.4) is 0 Å². The average Bonchev–Trinajstić information content (AvgIpc) is 3.12. The molecular weight excluding hydrogens is 276 g/mol. The summed E-state index contributed by atoms with van der Waals surface area (Å²) in [7, 11) is 0. The monoisotopic (exact) mass is 292 g/mol. The first-order valence-electron chi connectivity index (χ1n) is 6.82. The number of amides is 1. The predicted molar refractivity (Wildman–Crippen MR) is 78.4 cm³/mol. The minimum absolute atomic E-state index is 0.0714. The largest absolute Gasteiger partial charge is 0.353 e. The van der Waals surface area contributed by atoms with Crippen LogP contribution in [0.15, 0.2) is 18.2 Å². The Morgan fingerprint density at radius 1 is 1.55 bits per heavy atom. The molecule has 2 aromatic rings. The van der Waals surface area contributed by atoms with Crippen molar-refractivity contribution < 1.29 is 4.79 Å². The van der Waals surface area contributed by atoms with Gasteiger partial charge in [0, 0.05) is 17.5 Å². The standard InChI is InChI=1S/C14H17ClN4O/c15-8-1-5-11-12(7-8)19-14(18-11)10(16)4-6-13(20)17-9-2-3-9/h1,5,7,9-10H,2-4,6,16H2,(H,17,20)(H,18,19). The number of rotatable bonds is 5. The Morgan fingerprint density at radius 3 is 3.10 bits per heavy atom. The van der Waals surface area contributed by atoms with E-state index in [1.807, 2.05) is 12.1 Å². The van der Waals surface area contributed by atoms with E-state index in [9.17, 15) is 4.79 Å². The van der Waals surface area contributed by atoms with Gasteiger partial charge in [-0.1, -0.05) is 11.6 Å². The van der Waals surface area contributed by atoms with E-state index in [2.05, 4.69) is 15.3 Å². The van der Waals surface area contributed by atoms with Crippen molar-refractivity contribution in [1.82, 2.24) is 15.3 Å². The van der Waals surface area contributed by atoms with Gasteiger partial charge in [0.2, 0.25) is 5.91 Å². The molecular formula is C14H17ClN4O. The minimum Gasteiger partial charge on any atom is -0.353 e. The van der Waals surface area contributed by atoms with Crippen LogP contribution in [0.25, 0.3) is 11.0 Å². The maximum atomic E-state index is 11.6. The minimum atomic E-state index is -0.272. The number of hydrogen-bond acceptors (Lipinski definition) is 3. The number of benzene rings is 1. The molecule has 0 radical (unpaired) electrons. The molecule has 1 fully saturated rings. The second kappa shape index (κ2) is 5.42. The zero-order valence-corrected chi connectivity index (χ0v) is 11.8. The van der Waals surface area contributed by atoms with Crippen molar-refractivity contribution in [3.05, 3.63) is 29.0 Å². The van der Waals surface area contributed by atoms with E-state index in [0.29, 0.717) is 29.7 Å². The number of hydrogen-bond donors (Lipinski definition) is 3. The Balaban J connectivity index is 1.62. The molecule has 0 bridgehead atoms. The van der Waals surface area contributed by atoms with Crippen LogP contribution in [0.4, 0.5) is 0 Å². The van der Waals surface area contributed by atoms with Gasteiger partial charge in [-0.3, -0.25) is 4.79 Å². The summed E-state index contributed by atoms with van der Waals surface area (Å²) in [6.45, 7) is 0. The number of nitrogens with zero attached hydrogens (tertiary/aromatic N) is 1. The summed E-state index contributed by atoms with van der Waals surface area (Å²) in [6, 6.07) is 5.59. The van der Waals surface area contributed by atoms with Crippen LogP contribution >= 0.6 is 11.6 Å². The number of fused-ring (bicyclic) bond motifs is 1. The maximum Gasteiger partial charge on any atom is 0.220 e. The van der Waals surface area contributed by atoms with Gasteiger partial charge < -0.3 is 16.0 Å². The van der Waals surface area contributed by atoms with Gasteiger partial charge >= 0.3 is 0 Å². The molecule has 1 saturated carbocycles. The summed E-state index contributed by atoms with van der Waals surface area (Å²) >= 11 is 5.93. The fourth-order valence-electron chi connectivity index (χ4n) is 2.13. The zero-order valence-electron chi connectivity index (χ0n) is 11.0. The number of halogens is 1. The smallest absolute Gasteiger partial charge is 0.220 e. The highest BCUT2D eigenvalue weighted by atomic mass is 35.5. The van der Waals surface area contributed by atoms with Crippen molar-refractivity contribution in [2.24, 2.45) is 5.73 Å². The quantitative estimate of drug-likeness (QED) is 0.790. The number of aromatic nitrogens is 2. The summed E-state index contributed by atoms with van der Waals surface area (Å²) < 4.78 is 0. The summed E-state index contributed by atoms with van der Waals surface area (Å²) in [5.74, 6) is 0.767. The Hall–Kier alpha value is -1.59. The lowest BCUT2D eigenvalue weighted by Crippen LogP contribution is -2.26. The Kier molecular flexibility index (Phi) is 3.63. The molecule has 1 aliphatic rings. The van der Waals surface area contributed by atoms with Crippen LogP contribution in [0.2, 0.25) is 5.02 Å². The number of nitrogens with one attached hydrogen (secondary N) is 2. The molecule has 1 aromatic carbocycles. The summed E-state index contributed by atoms with van der Waals surface area (Å²) in [4.78, 5) is 19.2. The van der Waals surface area contributed by atoms with E-state index in [4.69, 9.17) is 17.3 Å². The molecule has 20 heavy (non-hydrogen) atoms. The lowest BCUT2D eigenvalue weighted by molar-refractivity contribution is -0.121. The molecule has 1 amide bonds. The van der Waals surface area contributed by atoms with Crippen LogP contribution in [-0.4, -0.2) is 21.9 Å². The highest BCUT2D eigenvalue weighted by molar-refractivity contribution is 6.31. The van der Waals surface area contributed by atoms with Crippen LogP contribution in [0.5, 0.6) is 0 Å². The fraction of sp³-hybridized carbons (Fsp3) is 0.429. The third-order valence-corrected chi connectivity index (χ3v) is 3.67. The molecule has 5 nitrogen and oxygen atoms in total. The Morgan fingerprint density at radius 2 is 2.35 bits per heavy atom. The second-order valence-corrected chi connectivity index (χ2v) is 5.71. The van der Waals surface area contributed by atoms with Gasteiger partial charge in [0.05, 0.1) is 17.1 Å². The summed E-state index contributed by atoms with van der Waals surface area (Å²) in [6.07, 6.45) is 3.20. The molecule has 0 aliphatic heterocycles. The third-order valence-electron chi connectivity index (χ3n) is 3.44. The van der Waals surface area contributed by atoms with E-state index in [1.54, 1.807) is 6.07 Å². The number of imidazole rings is 1. The maximum absolute atomic E-state index is 11.6. The lowest BCUT2D eigenvalue weighted by Gasteiger charge is -2.08. The van der Waals surface area contributed by atoms with E-state index < -0.39 is 0 Å². The fourth-order valence-corrected chi connectivity index (χ4v) is 2.30. The molecule has 1 aliphatic carbocycles. The predicted octanol–water partition coefficient (Wildman–Crippen LogP) is 2.27. The van der Waals surface area contributed by atoms with Gasteiger partial charge in [0.1, 0.15) is 5.82 Å². The number of aromatic amines is 1. The molecule has 4 N–H and O–H groups in total. The van der Waals surface area contributed by atoms with E-state index >= 15 is 0 Å². The average molecular weight is 293 g/mol. The molecule has 1 unspecified atom stereocenters. The molecule has 1 aromatic heterocycles. The lowest BCUT2D eigenvalue weighted by atomic mass is 10.1. The molecule has 1 heterocycles. The summed E-state index contributed by atoms with van der Waals surface area (Å²) in [5.41, 5.74) is 7.79. The molecule has 106 valence electrons. The highest BCUT2D eigenvalue weighted by Gasteiger charge is 2.23. The van der Waals surface area contributed by atoms with Gasteiger partial charge in [-0.15, -0.1) is 0 Å². The first-order valence-corrected chi connectivity index (χ1v) is 7.20. The Labute approximate surface area is 121 Å². The third kappa shape index (κ3) is 3.11.